The highest BCUT2D eigenvalue weighted by molar-refractivity contribution is 7.92. The fourth-order valence-electron chi connectivity index (χ4n) is 3.85. The van der Waals surface area contributed by atoms with E-state index in [9.17, 15) is 26.8 Å². The van der Waals surface area contributed by atoms with Gasteiger partial charge in [0.15, 0.2) is 0 Å². The minimum absolute atomic E-state index is 0.0429. The Labute approximate surface area is 215 Å². The van der Waals surface area contributed by atoms with Gasteiger partial charge in [-0.2, -0.15) is 0 Å². The number of carbonyl (C=O) groups is 2. The zero-order chi connectivity index (χ0) is 27.2. The number of aryl methyl sites for hydroxylation is 1. The molecule has 196 valence electrons. The number of sulfonamides is 1. The minimum Gasteiger partial charge on any atom is -0.357 e. The van der Waals surface area contributed by atoms with Crippen LogP contribution in [0.1, 0.15) is 24.5 Å². The zero-order valence-electron chi connectivity index (χ0n) is 20.8. The molecule has 1 N–H and O–H groups in total. The molecule has 0 saturated heterocycles. The summed E-state index contributed by atoms with van der Waals surface area (Å²) in [7, 11) is -2.79. The van der Waals surface area contributed by atoms with Gasteiger partial charge >= 0.3 is 0 Å². The Bertz CT molecular complexity index is 1330. The van der Waals surface area contributed by atoms with E-state index >= 15 is 0 Å². The molecule has 0 spiro atoms. The maximum atomic E-state index is 13.7. The molecule has 0 aromatic heterocycles. The summed E-state index contributed by atoms with van der Waals surface area (Å²) in [5.74, 6) is -2.09. The highest BCUT2D eigenvalue weighted by Crippen LogP contribution is 2.25. The Kier molecular flexibility index (Phi) is 8.99. The number of hydrogen-bond acceptors (Lipinski definition) is 4. The quantitative estimate of drug-likeness (QED) is 0.430. The van der Waals surface area contributed by atoms with Crippen molar-refractivity contribution < 1.29 is 26.8 Å². The van der Waals surface area contributed by atoms with E-state index < -0.39 is 46.1 Å². The molecular formula is C27H29F2N3O4S. The van der Waals surface area contributed by atoms with Gasteiger partial charge in [-0.3, -0.25) is 13.9 Å². The van der Waals surface area contributed by atoms with Crippen LogP contribution in [0.5, 0.6) is 0 Å². The summed E-state index contributed by atoms with van der Waals surface area (Å²) < 4.78 is 55.3. The lowest BCUT2D eigenvalue weighted by Gasteiger charge is -2.33. The van der Waals surface area contributed by atoms with Crippen molar-refractivity contribution >= 4 is 27.5 Å². The second-order valence-corrected chi connectivity index (χ2v) is 10.3. The second kappa shape index (κ2) is 12.0. The number of benzene rings is 3. The standard InChI is InChI=1S/C27H29F2N3O4S/c1-4-25(27(34)30-3)31(17-20-7-9-21(28)10-8-20)26(33)18-32(23-13-11-22(29)12-14-23)37(35,36)24-15-5-19(2)6-16-24/h5-16,25H,4,17-18H2,1-3H3,(H,30,34)/t25-/m0/s1. The van der Waals surface area contributed by atoms with Crippen LogP contribution in [0.15, 0.2) is 77.7 Å². The van der Waals surface area contributed by atoms with Crippen LogP contribution in [0, 0.1) is 18.6 Å². The smallest absolute Gasteiger partial charge is 0.264 e. The van der Waals surface area contributed by atoms with Crippen LogP contribution in [-0.4, -0.2) is 44.8 Å². The molecule has 3 rings (SSSR count). The maximum absolute atomic E-state index is 13.7. The zero-order valence-corrected chi connectivity index (χ0v) is 21.6. The molecule has 2 amide bonds. The van der Waals surface area contributed by atoms with E-state index in [1.807, 2.05) is 6.92 Å². The molecule has 10 heteroatoms. The molecule has 0 fully saturated rings. The number of carbonyl (C=O) groups excluding carboxylic acids is 2. The largest absolute Gasteiger partial charge is 0.357 e. The Hall–Kier alpha value is -3.79. The lowest BCUT2D eigenvalue weighted by Crippen LogP contribution is -2.51. The van der Waals surface area contributed by atoms with E-state index in [0.717, 1.165) is 22.0 Å². The normalized spacial score (nSPS) is 12.0. The molecule has 3 aromatic rings. The number of likely N-dealkylation sites (N-methyl/N-ethyl adjacent to an activating group) is 1. The van der Waals surface area contributed by atoms with Crippen molar-refractivity contribution in [1.82, 2.24) is 10.2 Å². The lowest BCUT2D eigenvalue weighted by molar-refractivity contribution is -0.140. The van der Waals surface area contributed by atoms with Crippen molar-refractivity contribution in [2.75, 3.05) is 17.9 Å². The molecule has 0 radical (unpaired) electrons. The number of anilines is 1. The van der Waals surface area contributed by atoms with Crippen molar-refractivity contribution in [3.8, 4) is 0 Å². The Morgan fingerprint density at radius 1 is 0.892 bits per heavy atom. The molecule has 0 unspecified atom stereocenters. The molecule has 0 saturated carbocycles. The number of hydrogen-bond donors (Lipinski definition) is 1. The molecule has 37 heavy (non-hydrogen) atoms. The molecule has 0 bridgehead atoms. The number of nitrogens with zero attached hydrogens (tertiary/aromatic N) is 2. The number of rotatable bonds is 10. The highest BCUT2D eigenvalue weighted by Gasteiger charge is 2.33. The van der Waals surface area contributed by atoms with E-state index in [4.69, 9.17) is 0 Å². The van der Waals surface area contributed by atoms with Gasteiger partial charge < -0.3 is 10.2 Å². The molecule has 0 aliphatic heterocycles. The van der Waals surface area contributed by atoms with Crippen LogP contribution in [0.25, 0.3) is 0 Å². The number of amides is 2. The first-order valence-electron chi connectivity index (χ1n) is 11.7. The molecule has 1 atom stereocenters. The maximum Gasteiger partial charge on any atom is 0.264 e. The topological polar surface area (TPSA) is 86.8 Å². The average Bonchev–Trinajstić information content (AvgIpc) is 2.88. The summed E-state index contributed by atoms with van der Waals surface area (Å²) in [6, 6.07) is 15.5. The SMILES string of the molecule is CC[C@@H](C(=O)NC)N(Cc1ccc(F)cc1)C(=O)CN(c1ccc(F)cc1)S(=O)(=O)c1ccc(C)cc1. The minimum atomic E-state index is -4.24. The first-order chi connectivity index (χ1) is 17.6. The first-order valence-corrected chi connectivity index (χ1v) is 13.1. The summed E-state index contributed by atoms with van der Waals surface area (Å²) in [6.07, 6.45) is 0.258. The number of nitrogens with one attached hydrogen (secondary N) is 1. The molecule has 0 aliphatic carbocycles. The van der Waals surface area contributed by atoms with Crippen LogP contribution in [0.4, 0.5) is 14.5 Å². The van der Waals surface area contributed by atoms with E-state index in [2.05, 4.69) is 5.32 Å². The van der Waals surface area contributed by atoms with E-state index in [1.165, 1.54) is 60.5 Å². The molecule has 0 heterocycles. The monoisotopic (exact) mass is 529 g/mol. The van der Waals surface area contributed by atoms with Gasteiger partial charge in [-0.25, -0.2) is 17.2 Å². The molecular weight excluding hydrogens is 500 g/mol. The average molecular weight is 530 g/mol. The third-order valence-electron chi connectivity index (χ3n) is 5.90. The van der Waals surface area contributed by atoms with E-state index in [1.54, 1.807) is 19.1 Å². The van der Waals surface area contributed by atoms with Crippen molar-refractivity contribution in [3.05, 3.63) is 95.6 Å². The third-order valence-corrected chi connectivity index (χ3v) is 7.69. The fraction of sp³-hybridized carbons (Fsp3) is 0.259. The van der Waals surface area contributed by atoms with Gasteiger partial charge in [0, 0.05) is 13.6 Å². The van der Waals surface area contributed by atoms with Crippen molar-refractivity contribution in [1.29, 1.82) is 0 Å². The van der Waals surface area contributed by atoms with Crippen molar-refractivity contribution in [3.63, 3.8) is 0 Å². The van der Waals surface area contributed by atoms with Crippen molar-refractivity contribution in [2.24, 2.45) is 0 Å². The van der Waals surface area contributed by atoms with Gasteiger partial charge in [-0.05, 0) is 67.4 Å². The highest BCUT2D eigenvalue weighted by atomic mass is 32.2. The fourth-order valence-corrected chi connectivity index (χ4v) is 5.26. The first kappa shape index (κ1) is 27.8. The molecule has 0 aliphatic rings. The summed E-state index contributed by atoms with van der Waals surface area (Å²) in [5.41, 5.74) is 1.50. The predicted molar refractivity (Wildman–Crippen MR) is 137 cm³/mol. The molecule has 7 nitrogen and oxygen atoms in total. The Balaban J connectivity index is 2.04. The second-order valence-electron chi connectivity index (χ2n) is 8.49. The van der Waals surface area contributed by atoms with Gasteiger partial charge in [-0.1, -0.05) is 36.8 Å². The summed E-state index contributed by atoms with van der Waals surface area (Å²) in [5, 5.41) is 2.53. The van der Waals surface area contributed by atoms with E-state index in [-0.39, 0.29) is 23.5 Å². The van der Waals surface area contributed by atoms with Gasteiger partial charge in [0.25, 0.3) is 10.0 Å². The van der Waals surface area contributed by atoms with Crippen molar-refractivity contribution in [2.45, 2.75) is 37.8 Å². The van der Waals surface area contributed by atoms with Gasteiger partial charge in [0.1, 0.15) is 24.2 Å². The van der Waals surface area contributed by atoms with Gasteiger partial charge in [0.05, 0.1) is 10.6 Å². The summed E-state index contributed by atoms with van der Waals surface area (Å²) in [4.78, 5) is 27.6. The third kappa shape index (κ3) is 6.71. The summed E-state index contributed by atoms with van der Waals surface area (Å²) in [6.45, 7) is 2.85. The summed E-state index contributed by atoms with van der Waals surface area (Å²) >= 11 is 0. The Morgan fingerprint density at radius 2 is 1.43 bits per heavy atom. The molecule has 3 aromatic carbocycles. The van der Waals surface area contributed by atoms with Crippen LogP contribution >= 0.6 is 0 Å². The van der Waals surface area contributed by atoms with Crippen LogP contribution in [0.3, 0.4) is 0 Å². The van der Waals surface area contributed by atoms with Crippen LogP contribution in [-0.2, 0) is 26.2 Å². The van der Waals surface area contributed by atoms with Crippen LogP contribution < -0.4 is 9.62 Å². The van der Waals surface area contributed by atoms with Gasteiger partial charge in [-0.15, -0.1) is 0 Å². The predicted octanol–water partition coefficient (Wildman–Crippen LogP) is 4.02. The Morgan fingerprint density at radius 3 is 1.95 bits per heavy atom. The van der Waals surface area contributed by atoms with Crippen LogP contribution in [0.2, 0.25) is 0 Å². The van der Waals surface area contributed by atoms with E-state index in [0.29, 0.717) is 5.56 Å². The van der Waals surface area contributed by atoms with Gasteiger partial charge in [0.2, 0.25) is 11.8 Å². The lowest BCUT2D eigenvalue weighted by atomic mass is 10.1. The number of halogens is 2.